The number of para-hydroxylation sites is 1. The van der Waals surface area contributed by atoms with E-state index in [4.69, 9.17) is 21.1 Å². The Labute approximate surface area is 373 Å². The molecule has 3 aliphatic rings. The van der Waals surface area contributed by atoms with Crippen molar-refractivity contribution in [2.45, 2.75) is 69.8 Å². The molecule has 0 unspecified atom stereocenters. The summed E-state index contributed by atoms with van der Waals surface area (Å²) in [6.07, 6.45) is 10.3. The number of rotatable bonds is 14. The number of amides is 1. The van der Waals surface area contributed by atoms with Crippen molar-refractivity contribution in [3.05, 3.63) is 117 Å². The Hall–Kier alpha value is -5.48. The predicted octanol–water partition coefficient (Wildman–Crippen LogP) is 9.44. The van der Waals surface area contributed by atoms with Crippen molar-refractivity contribution >= 4 is 61.2 Å². The monoisotopic (exact) mass is 895 g/mol. The Bertz CT molecular complexity index is 2620. The van der Waals surface area contributed by atoms with Gasteiger partial charge in [0.25, 0.3) is 21.6 Å². The summed E-state index contributed by atoms with van der Waals surface area (Å²) >= 11 is 6.26. The molecule has 2 fully saturated rings. The number of methoxy groups -OCH3 is 1. The van der Waals surface area contributed by atoms with E-state index in [-0.39, 0.29) is 28.5 Å². The summed E-state index contributed by atoms with van der Waals surface area (Å²) in [5.74, 6) is -0.115. The van der Waals surface area contributed by atoms with Gasteiger partial charge in [0.2, 0.25) is 0 Å². The number of aromatic amines is 1. The summed E-state index contributed by atoms with van der Waals surface area (Å²) in [5, 5.41) is 16.9. The minimum Gasteiger partial charge on any atom is -0.453 e. The number of carbonyl (C=O) groups excluding carboxylic acids is 1. The van der Waals surface area contributed by atoms with Crippen molar-refractivity contribution in [1.29, 1.82) is 0 Å². The number of nitro groups is 1. The quantitative estimate of drug-likeness (QED) is 0.0716. The first-order valence-electron chi connectivity index (χ1n) is 21.6. The van der Waals surface area contributed by atoms with Crippen LogP contribution < -0.4 is 19.7 Å². The summed E-state index contributed by atoms with van der Waals surface area (Å²) in [5.41, 5.74) is 5.31. The van der Waals surface area contributed by atoms with E-state index >= 15 is 0 Å². The minimum atomic E-state index is -4.58. The number of aromatic nitrogens is 2. The summed E-state index contributed by atoms with van der Waals surface area (Å²) in [6, 6.07) is 20.5. The van der Waals surface area contributed by atoms with Crippen molar-refractivity contribution in [3.63, 3.8) is 0 Å². The lowest BCUT2D eigenvalue weighted by Gasteiger charge is -2.39. The highest BCUT2D eigenvalue weighted by Gasteiger charge is 2.32. The number of anilines is 2. The highest BCUT2D eigenvalue weighted by Crippen LogP contribution is 2.44. The number of halogens is 1. The molecule has 3 aromatic carbocycles. The van der Waals surface area contributed by atoms with Crippen LogP contribution in [0.15, 0.2) is 95.7 Å². The number of pyridine rings is 1. The maximum absolute atomic E-state index is 14.2. The van der Waals surface area contributed by atoms with Gasteiger partial charge in [-0.15, -0.1) is 0 Å². The van der Waals surface area contributed by atoms with Crippen molar-refractivity contribution in [1.82, 2.24) is 19.6 Å². The zero-order valence-corrected chi connectivity index (χ0v) is 37.4. The van der Waals surface area contributed by atoms with E-state index in [1.807, 2.05) is 24.3 Å². The molecule has 16 heteroatoms. The van der Waals surface area contributed by atoms with Gasteiger partial charge in [0, 0.05) is 69.1 Å². The molecule has 5 aromatic rings. The van der Waals surface area contributed by atoms with Crippen molar-refractivity contribution < 1.29 is 27.6 Å². The van der Waals surface area contributed by atoms with Crippen LogP contribution in [-0.4, -0.2) is 86.6 Å². The van der Waals surface area contributed by atoms with Crippen LogP contribution in [0.2, 0.25) is 5.02 Å². The van der Waals surface area contributed by atoms with Gasteiger partial charge >= 0.3 is 0 Å². The number of hydrogen-bond acceptors (Lipinski definition) is 11. The molecule has 1 saturated carbocycles. The number of sulfonamides is 1. The number of allylic oxidation sites excluding steroid dienone is 1. The van der Waals surface area contributed by atoms with E-state index in [0.717, 1.165) is 81.1 Å². The summed E-state index contributed by atoms with van der Waals surface area (Å²) in [6.45, 7) is 8.76. The first-order chi connectivity index (χ1) is 30.2. The van der Waals surface area contributed by atoms with E-state index in [1.54, 1.807) is 31.6 Å². The Morgan fingerprint density at radius 3 is 2.51 bits per heavy atom. The SMILES string of the molecule is CO[C@H]1CC[C@@H](CNc2ccc(S(=O)(=O)NC(=O)c3cccc(N4CCN(CC5=C(c6ccc(Cl)cc6)CC(C)(C)CC5)CC4)c3Oc3cnc4[nH]ccc4c3)cc2[N+](=O)[O-])CC1. The number of nitrogens with zero attached hydrogens (tertiary/aromatic N) is 4. The molecule has 3 heterocycles. The fourth-order valence-electron chi connectivity index (χ4n) is 9.07. The van der Waals surface area contributed by atoms with E-state index in [1.165, 1.54) is 34.9 Å². The Kier molecular flexibility index (Phi) is 13.1. The van der Waals surface area contributed by atoms with Crippen LogP contribution in [0.25, 0.3) is 16.6 Å². The Balaban J connectivity index is 1.02. The van der Waals surface area contributed by atoms with E-state index in [2.05, 4.69) is 55.8 Å². The standard InChI is InChI=1S/C47H54ClN7O7S/c1-47(2)19-17-34(40(27-47)32-9-11-35(48)12-10-32)30-53-21-23-54(24-22-53)42-6-4-5-39(44(42)62-37-25-33-18-20-49-45(33)51-29-37)46(56)52-63(59,60)38-15-16-41(43(26-38)55(57)58)50-28-31-7-13-36(61-3)14-8-31/h4-6,9-12,15-16,18,20,25-26,29,31,36,50H,7-8,13-14,17,19,21-24,27-28,30H2,1-3H3,(H,49,51)(H,52,56)/t31-,36+. The first kappa shape index (κ1) is 44.1. The highest BCUT2D eigenvalue weighted by molar-refractivity contribution is 7.90. The third-order valence-electron chi connectivity index (χ3n) is 12.8. The second kappa shape index (κ2) is 18.7. The van der Waals surface area contributed by atoms with Crippen LogP contribution in [-0.2, 0) is 14.8 Å². The van der Waals surface area contributed by atoms with Gasteiger partial charge in [-0.3, -0.25) is 19.8 Å². The van der Waals surface area contributed by atoms with Gasteiger partial charge < -0.3 is 24.7 Å². The van der Waals surface area contributed by atoms with Gasteiger partial charge in [-0.05, 0) is 116 Å². The lowest BCUT2D eigenvalue weighted by molar-refractivity contribution is -0.384. The molecule has 1 saturated heterocycles. The van der Waals surface area contributed by atoms with E-state index in [0.29, 0.717) is 42.6 Å². The topological polar surface area (TPSA) is 172 Å². The fraction of sp³-hybridized carbons (Fsp3) is 0.404. The van der Waals surface area contributed by atoms with Crippen LogP contribution >= 0.6 is 11.6 Å². The van der Waals surface area contributed by atoms with Crippen LogP contribution in [0, 0.1) is 21.4 Å². The van der Waals surface area contributed by atoms with Crippen LogP contribution in [0.1, 0.15) is 74.7 Å². The average molecular weight is 897 g/mol. The maximum Gasteiger partial charge on any atom is 0.293 e. The predicted molar refractivity (Wildman–Crippen MR) is 246 cm³/mol. The number of nitrogens with one attached hydrogen (secondary N) is 3. The zero-order chi connectivity index (χ0) is 44.3. The lowest BCUT2D eigenvalue weighted by atomic mass is 9.72. The molecular weight excluding hydrogens is 842 g/mol. The van der Waals surface area contributed by atoms with Crippen LogP contribution in [0.4, 0.5) is 17.1 Å². The zero-order valence-electron chi connectivity index (χ0n) is 35.9. The summed E-state index contributed by atoms with van der Waals surface area (Å²) in [7, 11) is -2.87. The van der Waals surface area contributed by atoms with Gasteiger partial charge in [-0.1, -0.05) is 49.2 Å². The van der Waals surface area contributed by atoms with Gasteiger partial charge in [-0.2, -0.15) is 0 Å². The van der Waals surface area contributed by atoms with Crippen molar-refractivity contribution in [2.75, 3.05) is 56.6 Å². The van der Waals surface area contributed by atoms with Gasteiger partial charge in [-0.25, -0.2) is 18.1 Å². The van der Waals surface area contributed by atoms with Crippen molar-refractivity contribution in [3.8, 4) is 11.5 Å². The third kappa shape index (κ3) is 10.3. The molecule has 2 aromatic heterocycles. The van der Waals surface area contributed by atoms with Crippen molar-refractivity contribution in [2.24, 2.45) is 11.3 Å². The molecule has 1 aliphatic heterocycles. The van der Waals surface area contributed by atoms with Gasteiger partial charge in [0.05, 0.1) is 33.4 Å². The molecule has 14 nitrogen and oxygen atoms in total. The molecule has 0 bridgehead atoms. The highest BCUT2D eigenvalue weighted by atomic mass is 35.5. The number of H-pyrrole nitrogens is 1. The fourth-order valence-corrected chi connectivity index (χ4v) is 10.2. The molecule has 0 radical (unpaired) electrons. The molecule has 332 valence electrons. The maximum atomic E-state index is 14.2. The second-order valence-electron chi connectivity index (χ2n) is 17.7. The molecule has 63 heavy (non-hydrogen) atoms. The van der Waals surface area contributed by atoms with E-state index in [9.17, 15) is 23.3 Å². The summed E-state index contributed by atoms with van der Waals surface area (Å²) in [4.78, 5) is 37.5. The number of carbonyl (C=O) groups is 1. The first-order valence-corrected chi connectivity index (χ1v) is 23.4. The Morgan fingerprint density at radius 1 is 1.02 bits per heavy atom. The molecule has 8 rings (SSSR count). The normalized spacial score (nSPS) is 19.5. The molecule has 3 N–H and O–H groups in total. The number of ether oxygens (including phenoxy) is 2. The Morgan fingerprint density at radius 2 is 1.78 bits per heavy atom. The number of piperazine rings is 1. The van der Waals surface area contributed by atoms with Gasteiger partial charge in [0.15, 0.2) is 5.75 Å². The number of hydrogen-bond donors (Lipinski definition) is 3. The number of nitro benzene ring substituents is 1. The second-order valence-corrected chi connectivity index (χ2v) is 19.8. The molecule has 0 spiro atoms. The smallest absolute Gasteiger partial charge is 0.293 e. The van der Waals surface area contributed by atoms with Crippen LogP contribution in [0.5, 0.6) is 11.5 Å². The average Bonchev–Trinajstić information content (AvgIpc) is 3.75. The molecule has 2 aliphatic carbocycles. The van der Waals surface area contributed by atoms with Crippen LogP contribution in [0.3, 0.4) is 0 Å². The minimum absolute atomic E-state index is 0.0220. The number of fused-ring (bicyclic) bond motifs is 1. The molecule has 0 atom stereocenters. The lowest BCUT2D eigenvalue weighted by Crippen LogP contribution is -2.47. The number of benzene rings is 3. The van der Waals surface area contributed by atoms with Gasteiger partial charge in [0.1, 0.15) is 17.1 Å². The largest absolute Gasteiger partial charge is 0.453 e. The third-order valence-corrected chi connectivity index (χ3v) is 14.3. The molecular formula is C47H54ClN7O7S. The van der Waals surface area contributed by atoms with E-state index < -0.39 is 31.4 Å². The molecule has 1 amide bonds. The summed E-state index contributed by atoms with van der Waals surface area (Å²) < 4.78 is 41.8.